The van der Waals surface area contributed by atoms with Gasteiger partial charge in [0.15, 0.2) is 0 Å². The molecule has 5 heteroatoms. The van der Waals surface area contributed by atoms with Crippen molar-refractivity contribution >= 4 is 13.3 Å². The van der Waals surface area contributed by atoms with Crippen LogP contribution < -0.4 is 0 Å². The third-order valence-corrected chi connectivity index (χ3v) is 3.41. The summed E-state index contributed by atoms with van der Waals surface area (Å²) < 4.78 is 16.4. The summed E-state index contributed by atoms with van der Waals surface area (Å²) in [6.45, 7) is 3.74. The molecule has 0 spiro atoms. The number of carboxylic acids is 1. The van der Waals surface area contributed by atoms with Crippen LogP contribution in [0.5, 0.6) is 0 Å². The number of aliphatic carboxylic acids is 1. The van der Waals surface area contributed by atoms with E-state index in [-0.39, 0.29) is 0 Å². The largest absolute Gasteiger partial charge is 0.478 e. The van der Waals surface area contributed by atoms with Crippen molar-refractivity contribution in [2.24, 2.45) is 0 Å². The van der Waals surface area contributed by atoms with Crippen LogP contribution in [0.1, 0.15) is 13.8 Å². The van der Waals surface area contributed by atoms with E-state index in [1.54, 1.807) is 13.8 Å². The maximum Gasteiger partial charge on any atom is 0.328 e. The van der Waals surface area contributed by atoms with Crippen molar-refractivity contribution in [2.45, 2.75) is 13.8 Å². The van der Waals surface area contributed by atoms with Crippen molar-refractivity contribution in [1.29, 1.82) is 0 Å². The Hall–Kier alpha value is -0.600. The van der Waals surface area contributed by atoms with Gasteiger partial charge in [0, 0.05) is 18.1 Å². The zero-order valence-corrected chi connectivity index (χ0v) is 8.08. The lowest BCUT2D eigenvalue weighted by Crippen LogP contribution is -1.92. The maximum atomic E-state index is 11.5. The van der Waals surface area contributed by atoms with Crippen LogP contribution in [0.3, 0.4) is 0 Å². The molecule has 0 aliphatic heterocycles. The molecule has 12 heavy (non-hydrogen) atoms. The van der Waals surface area contributed by atoms with Crippen LogP contribution in [0.25, 0.3) is 0 Å². The molecule has 1 unspecified atom stereocenters. The van der Waals surface area contributed by atoms with E-state index in [9.17, 15) is 9.36 Å². The predicted molar refractivity (Wildman–Crippen MR) is 46.5 cm³/mol. The minimum Gasteiger partial charge on any atom is -0.478 e. The molecule has 0 aromatic heterocycles. The fourth-order valence-corrected chi connectivity index (χ4v) is 1.91. The third kappa shape index (κ3) is 4.31. The molecule has 0 heterocycles. The van der Waals surface area contributed by atoms with Gasteiger partial charge in [0.2, 0.25) is 7.37 Å². The number of hydrogen-bond donors (Lipinski definition) is 1. The van der Waals surface area contributed by atoms with Gasteiger partial charge in [0.25, 0.3) is 0 Å². The van der Waals surface area contributed by atoms with E-state index in [0.29, 0.717) is 12.8 Å². The Morgan fingerprint density at radius 2 is 2.17 bits per heavy atom. The highest BCUT2D eigenvalue weighted by molar-refractivity contribution is 7.62. The first kappa shape index (κ1) is 11.4. The average Bonchev–Trinajstić information content (AvgIpc) is 2.02. The van der Waals surface area contributed by atoms with Gasteiger partial charge < -0.3 is 9.63 Å². The highest BCUT2D eigenvalue weighted by atomic mass is 31.2. The zero-order chi connectivity index (χ0) is 9.61. The summed E-state index contributed by atoms with van der Waals surface area (Å²) in [4.78, 5) is 10.1. The highest BCUT2D eigenvalue weighted by Crippen LogP contribution is 2.47. The molecular weight excluding hydrogens is 179 g/mol. The molecule has 0 saturated heterocycles. The average molecular weight is 192 g/mol. The highest BCUT2D eigenvalue weighted by Gasteiger charge is 2.15. The Labute approximate surface area is 71.7 Å². The van der Waals surface area contributed by atoms with Crippen LogP contribution >= 0.6 is 7.37 Å². The molecule has 70 valence electrons. The molecule has 0 rings (SSSR count). The number of carboxylic acid groups (broad SMARTS) is 1. The molecule has 1 N–H and O–H groups in total. The van der Waals surface area contributed by atoms with Gasteiger partial charge in [-0.1, -0.05) is 6.92 Å². The SMILES string of the molecule is CCOP(=O)(C=CC(=O)O)CC. The maximum absolute atomic E-state index is 11.5. The van der Waals surface area contributed by atoms with Crippen molar-refractivity contribution in [3.05, 3.63) is 11.9 Å². The van der Waals surface area contributed by atoms with Crippen molar-refractivity contribution in [3.63, 3.8) is 0 Å². The Morgan fingerprint density at radius 1 is 1.58 bits per heavy atom. The van der Waals surface area contributed by atoms with E-state index < -0.39 is 13.3 Å². The first-order valence-corrected chi connectivity index (χ1v) is 5.57. The van der Waals surface area contributed by atoms with Gasteiger partial charge in [-0.2, -0.15) is 0 Å². The van der Waals surface area contributed by atoms with Crippen LogP contribution in [-0.2, 0) is 13.9 Å². The second-order valence-electron chi connectivity index (χ2n) is 2.11. The molecular formula is C7H13O4P. The van der Waals surface area contributed by atoms with Crippen molar-refractivity contribution in [2.75, 3.05) is 12.8 Å². The Kier molecular flexibility index (Phi) is 4.86. The monoisotopic (exact) mass is 192 g/mol. The molecule has 4 nitrogen and oxygen atoms in total. The van der Waals surface area contributed by atoms with Crippen molar-refractivity contribution < 1.29 is 19.0 Å². The van der Waals surface area contributed by atoms with E-state index in [0.717, 1.165) is 11.9 Å². The number of rotatable bonds is 5. The van der Waals surface area contributed by atoms with E-state index in [2.05, 4.69) is 0 Å². The lowest BCUT2D eigenvalue weighted by molar-refractivity contribution is -0.131. The second kappa shape index (κ2) is 5.12. The molecule has 0 fully saturated rings. The molecule has 0 aromatic carbocycles. The summed E-state index contributed by atoms with van der Waals surface area (Å²) in [7, 11) is -2.82. The Balaban J connectivity index is 4.33. The summed E-state index contributed by atoms with van der Waals surface area (Å²) in [5, 5.41) is 8.28. The topological polar surface area (TPSA) is 63.6 Å². The van der Waals surface area contributed by atoms with Crippen molar-refractivity contribution in [3.8, 4) is 0 Å². The first-order valence-electron chi connectivity index (χ1n) is 3.69. The van der Waals surface area contributed by atoms with Gasteiger partial charge in [0.05, 0.1) is 6.61 Å². The van der Waals surface area contributed by atoms with Crippen LogP contribution in [0.4, 0.5) is 0 Å². The summed E-state index contributed by atoms with van der Waals surface area (Å²) in [6, 6.07) is 0. The standard InChI is InChI=1S/C7H13O4P/c1-3-11-12(10,4-2)6-5-7(8)9/h5-6H,3-4H2,1-2H3,(H,8,9). The minimum atomic E-state index is -2.82. The quantitative estimate of drug-likeness (QED) is 0.533. The van der Waals surface area contributed by atoms with E-state index >= 15 is 0 Å². The molecule has 0 radical (unpaired) electrons. The van der Waals surface area contributed by atoms with Gasteiger partial charge in [-0.05, 0) is 6.92 Å². The van der Waals surface area contributed by atoms with Crippen LogP contribution in [0.2, 0.25) is 0 Å². The molecule has 0 amide bonds. The van der Waals surface area contributed by atoms with Gasteiger partial charge in [-0.3, -0.25) is 4.57 Å². The molecule has 1 atom stereocenters. The summed E-state index contributed by atoms with van der Waals surface area (Å²) in [5.74, 6) is 0.0297. The molecule has 0 aromatic rings. The lowest BCUT2D eigenvalue weighted by Gasteiger charge is -2.09. The van der Waals surface area contributed by atoms with Gasteiger partial charge in [-0.15, -0.1) is 0 Å². The summed E-state index contributed by atoms with van der Waals surface area (Å²) in [6.07, 6.45) is 1.19. The van der Waals surface area contributed by atoms with Crippen molar-refractivity contribution in [1.82, 2.24) is 0 Å². The summed E-state index contributed by atoms with van der Waals surface area (Å²) >= 11 is 0. The van der Waals surface area contributed by atoms with E-state index in [1.807, 2.05) is 0 Å². The summed E-state index contributed by atoms with van der Waals surface area (Å²) in [5.41, 5.74) is 0. The van der Waals surface area contributed by atoms with Gasteiger partial charge in [0.1, 0.15) is 0 Å². The fraction of sp³-hybridized carbons (Fsp3) is 0.571. The minimum absolute atomic E-state index is 0.324. The molecule has 0 aliphatic rings. The van der Waals surface area contributed by atoms with Crippen LogP contribution in [0.15, 0.2) is 11.9 Å². The molecule has 0 bridgehead atoms. The lowest BCUT2D eigenvalue weighted by atomic mass is 10.7. The van der Waals surface area contributed by atoms with E-state index in [1.165, 1.54) is 0 Å². The van der Waals surface area contributed by atoms with Gasteiger partial charge in [-0.25, -0.2) is 4.79 Å². The molecule has 0 aliphatic carbocycles. The number of carbonyl (C=O) groups is 1. The smallest absolute Gasteiger partial charge is 0.328 e. The fourth-order valence-electron chi connectivity index (χ4n) is 0.636. The Bertz CT molecular complexity index is 221. The van der Waals surface area contributed by atoms with Gasteiger partial charge >= 0.3 is 5.97 Å². The first-order chi connectivity index (χ1) is 5.54. The third-order valence-electron chi connectivity index (χ3n) is 1.23. The zero-order valence-electron chi connectivity index (χ0n) is 7.19. The van der Waals surface area contributed by atoms with Crippen LogP contribution in [-0.4, -0.2) is 23.8 Å². The normalized spacial score (nSPS) is 16.2. The number of hydrogen-bond acceptors (Lipinski definition) is 3. The second-order valence-corrected chi connectivity index (χ2v) is 4.76. The van der Waals surface area contributed by atoms with E-state index in [4.69, 9.17) is 9.63 Å². The Morgan fingerprint density at radius 3 is 2.50 bits per heavy atom. The van der Waals surface area contributed by atoms with Crippen LogP contribution in [0, 0.1) is 0 Å². The molecule has 0 saturated carbocycles. The predicted octanol–water partition coefficient (Wildman–Crippen LogP) is 1.92.